The molecule has 0 saturated carbocycles. The van der Waals surface area contributed by atoms with Crippen molar-refractivity contribution in [2.24, 2.45) is 0 Å². The molecule has 2 aromatic carbocycles. The molecule has 160 valence electrons. The van der Waals surface area contributed by atoms with Crippen LogP contribution in [0.4, 0.5) is 0 Å². The molecular weight excluding hydrogens is 384 g/mol. The van der Waals surface area contributed by atoms with Gasteiger partial charge in [0.15, 0.2) is 0 Å². The molecule has 0 N–H and O–H groups in total. The van der Waals surface area contributed by atoms with Gasteiger partial charge >= 0.3 is 0 Å². The normalized spacial score (nSPS) is 18.2. The van der Waals surface area contributed by atoms with E-state index in [1.165, 1.54) is 10.4 Å². The third kappa shape index (κ3) is 5.40. The highest BCUT2D eigenvalue weighted by atomic mass is 28.4. The average molecular weight is 421 g/mol. The van der Waals surface area contributed by atoms with Crippen LogP contribution in [-0.2, 0) is 9.16 Å². The summed E-state index contributed by atoms with van der Waals surface area (Å²) in [4.78, 5) is 0. The molecule has 0 bridgehead atoms. The van der Waals surface area contributed by atoms with Crippen LogP contribution in [0.5, 0.6) is 0 Å². The second-order valence-electron chi connectivity index (χ2n) is 9.01. The lowest BCUT2D eigenvalue weighted by Crippen LogP contribution is -2.68. The second kappa shape index (κ2) is 10.4. The van der Waals surface area contributed by atoms with Crippen LogP contribution in [0.3, 0.4) is 0 Å². The minimum atomic E-state index is -2.54. The van der Waals surface area contributed by atoms with Crippen LogP contribution >= 0.6 is 0 Å². The Morgan fingerprint density at radius 2 is 1.47 bits per heavy atom. The zero-order valence-corrected chi connectivity index (χ0v) is 19.9. The summed E-state index contributed by atoms with van der Waals surface area (Å²) in [6.07, 6.45) is 12.2. The molecule has 0 aliphatic carbocycles. The van der Waals surface area contributed by atoms with Crippen molar-refractivity contribution in [1.82, 2.24) is 0 Å². The van der Waals surface area contributed by atoms with Gasteiger partial charge in [-0.25, -0.2) is 0 Å². The van der Waals surface area contributed by atoms with Crippen LogP contribution in [0, 0.1) is 0 Å². The van der Waals surface area contributed by atoms with E-state index in [1.54, 1.807) is 0 Å². The molecule has 1 aliphatic heterocycles. The predicted molar refractivity (Wildman–Crippen MR) is 130 cm³/mol. The van der Waals surface area contributed by atoms with E-state index in [4.69, 9.17) is 9.16 Å². The molecule has 2 atom stereocenters. The summed E-state index contributed by atoms with van der Waals surface area (Å²) in [6.45, 7) is 9.95. The van der Waals surface area contributed by atoms with Crippen LogP contribution < -0.4 is 10.4 Å². The molecule has 0 amide bonds. The summed E-state index contributed by atoms with van der Waals surface area (Å²) >= 11 is 0. The molecule has 1 aliphatic rings. The molecule has 0 unspecified atom stereocenters. The molecule has 1 heterocycles. The summed E-state index contributed by atoms with van der Waals surface area (Å²) in [5.41, 5.74) is 0. The van der Waals surface area contributed by atoms with E-state index in [0.717, 1.165) is 25.9 Å². The molecule has 2 aromatic rings. The van der Waals surface area contributed by atoms with Crippen molar-refractivity contribution >= 4 is 18.7 Å². The zero-order chi connectivity index (χ0) is 21.5. The number of hydrogen-bond donors (Lipinski definition) is 0. The summed E-state index contributed by atoms with van der Waals surface area (Å²) < 4.78 is 13.0. The Morgan fingerprint density at radius 1 is 0.933 bits per heavy atom. The zero-order valence-electron chi connectivity index (χ0n) is 18.9. The number of ether oxygens (including phenoxy) is 1. The fourth-order valence-corrected chi connectivity index (χ4v) is 8.85. The fourth-order valence-electron chi connectivity index (χ4n) is 4.13. The second-order valence-corrected chi connectivity index (χ2v) is 13.3. The molecule has 1 saturated heterocycles. The van der Waals surface area contributed by atoms with Crippen LogP contribution in [-0.4, -0.2) is 27.1 Å². The van der Waals surface area contributed by atoms with Gasteiger partial charge in [0.2, 0.25) is 0 Å². The van der Waals surface area contributed by atoms with Crippen molar-refractivity contribution in [1.29, 1.82) is 0 Å². The molecule has 0 radical (unpaired) electrons. The van der Waals surface area contributed by atoms with Crippen molar-refractivity contribution in [3.8, 4) is 0 Å². The molecule has 3 rings (SSSR count). The van der Waals surface area contributed by atoms with Gasteiger partial charge in [0.1, 0.15) is 6.10 Å². The van der Waals surface area contributed by atoms with Crippen molar-refractivity contribution in [2.75, 3.05) is 6.61 Å². The standard InChI is InChI=1S/C27H36O2Si/c1-5-6-7-8-9-16-21-25(26-22-28-26)29-30(27(2,3)4,23-17-12-10-13-18-23)24-19-14-11-15-20-24/h6-7,9-20,25-26H,5,8,21-22H2,1-4H3/b7-6+,16-9-/t25-,26+/m0/s1. The van der Waals surface area contributed by atoms with E-state index < -0.39 is 8.32 Å². The SMILES string of the molecule is CC/C=C/C/C=C\C[C@H](O[Si](c1ccccc1)(c1ccccc1)C(C)(C)C)[C@H]1CO1. The highest BCUT2D eigenvalue weighted by Gasteiger charge is 2.53. The Hall–Kier alpha value is -1.94. The van der Waals surface area contributed by atoms with E-state index in [0.29, 0.717) is 0 Å². The topological polar surface area (TPSA) is 21.8 Å². The minimum Gasteiger partial charge on any atom is -0.401 e. The minimum absolute atomic E-state index is 0.0174. The highest BCUT2D eigenvalue weighted by Crippen LogP contribution is 2.39. The van der Waals surface area contributed by atoms with Crippen LogP contribution in [0.15, 0.2) is 85.0 Å². The van der Waals surface area contributed by atoms with Gasteiger partial charge in [-0.2, -0.15) is 0 Å². The third-order valence-corrected chi connectivity index (χ3v) is 10.8. The summed E-state index contributed by atoms with van der Waals surface area (Å²) in [5, 5.41) is 2.63. The van der Waals surface area contributed by atoms with Gasteiger partial charge in [0.25, 0.3) is 8.32 Å². The van der Waals surface area contributed by atoms with Crippen molar-refractivity contribution in [3.05, 3.63) is 85.0 Å². The van der Waals surface area contributed by atoms with Gasteiger partial charge in [-0.15, -0.1) is 0 Å². The molecule has 0 spiro atoms. The Morgan fingerprint density at radius 3 is 1.93 bits per heavy atom. The predicted octanol–water partition coefficient (Wildman–Crippen LogP) is 5.63. The maximum Gasteiger partial charge on any atom is 0.261 e. The van der Waals surface area contributed by atoms with Crippen molar-refractivity contribution in [2.45, 2.75) is 64.2 Å². The summed E-state index contributed by atoms with van der Waals surface area (Å²) in [6, 6.07) is 21.7. The Bertz CT molecular complexity index is 777. The van der Waals surface area contributed by atoms with Crippen LogP contribution in [0.1, 0.15) is 47.0 Å². The van der Waals surface area contributed by atoms with E-state index in [-0.39, 0.29) is 17.2 Å². The third-order valence-electron chi connectivity index (χ3n) is 5.73. The molecule has 1 fully saturated rings. The number of benzene rings is 2. The maximum atomic E-state index is 7.27. The van der Waals surface area contributed by atoms with Crippen molar-refractivity contribution < 1.29 is 9.16 Å². The van der Waals surface area contributed by atoms with Gasteiger partial charge in [-0.1, -0.05) is 113 Å². The van der Waals surface area contributed by atoms with Crippen molar-refractivity contribution in [3.63, 3.8) is 0 Å². The van der Waals surface area contributed by atoms with Crippen LogP contribution in [0.2, 0.25) is 5.04 Å². The Balaban J connectivity index is 1.96. The van der Waals surface area contributed by atoms with Gasteiger partial charge in [-0.3, -0.25) is 0 Å². The van der Waals surface area contributed by atoms with E-state index in [1.807, 2.05) is 0 Å². The summed E-state index contributed by atoms with van der Waals surface area (Å²) in [7, 11) is -2.54. The van der Waals surface area contributed by atoms with Gasteiger partial charge in [-0.05, 0) is 34.7 Å². The fraction of sp³-hybridized carbons (Fsp3) is 0.407. The number of rotatable bonds is 10. The first-order valence-electron chi connectivity index (χ1n) is 11.2. The molecule has 2 nitrogen and oxygen atoms in total. The van der Waals surface area contributed by atoms with Gasteiger partial charge in [0.05, 0.1) is 12.7 Å². The van der Waals surface area contributed by atoms with E-state index >= 15 is 0 Å². The van der Waals surface area contributed by atoms with Gasteiger partial charge < -0.3 is 9.16 Å². The first kappa shape index (κ1) is 22.7. The highest BCUT2D eigenvalue weighted by molar-refractivity contribution is 6.99. The molecule has 3 heteroatoms. The molecule has 0 aromatic heterocycles. The number of epoxide rings is 1. The monoisotopic (exact) mass is 420 g/mol. The Kier molecular flexibility index (Phi) is 7.87. The molecular formula is C27H36O2Si. The van der Waals surface area contributed by atoms with Crippen LogP contribution in [0.25, 0.3) is 0 Å². The maximum absolute atomic E-state index is 7.27. The first-order chi connectivity index (χ1) is 14.5. The lowest BCUT2D eigenvalue weighted by Gasteiger charge is -2.45. The lowest BCUT2D eigenvalue weighted by molar-refractivity contribution is 0.150. The lowest BCUT2D eigenvalue weighted by atomic mass is 10.2. The molecule has 30 heavy (non-hydrogen) atoms. The average Bonchev–Trinajstić information content (AvgIpc) is 3.58. The smallest absolute Gasteiger partial charge is 0.261 e. The quantitative estimate of drug-likeness (QED) is 0.282. The van der Waals surface area contributed by atoms with E-state index in [2.05, 4.69) is 113 Å². The first-order valence-corrected chi connectivity index (χ1v) is 13.1. The van der Waals surface area contributed by atoms with E-state index in [9.17, 15) is 0 Å². The number of allylic oxidation sites excluding steroid dienone is 3. The summed E-state index contributed by atoms with van der Waals surface area (Å²) in [5.74, 6) is 0. The van der Waals surface area contributed by atoms with Gasteiger partial charge in [0, 0.05) is 0 Å². The Labute approximate surface area is 183 Å². The largest absolute Gasteiger partial charge is 0.401 e. The number of hydrogen-bond acceptors (Lipinski definition) is 2.